The van der Waals surface area contributed by atoms with Gasteiger partial charge in [0.25, 0.3) is 5.91 Å². The number of anilines is 1. The maximum absolute atomic E-state index is 12.0. The van der Waals surface area contributed by atoms with E-state index in [1.165, 1.54) is 11.3 Å². The molecule has 114 valence electrons. The van der Waals surface area contributed by atoms with E-state index in [1.54, 1.807) is 24.5 Å². The van der Waals surface area contributed by atoms with Crippen LogP contribution in [0.5, 0.6) is 0 Å². The van der Waals surface area contributed by atoms with Gasteiger partial charge in [-0.3, -0.25) is 9.78 Å². The number of aromatic nitrogens is 1. The van der Waals surface area contributed by atoms with Gasteiger partial charge >= 0.3 is 0 Å². The van der Waals surface area contributed by atoms with Crippen molar-refractivity contribution in [1.29, 1.82) is 0 Å². The molecule has 0 saturated carbocycles. The number of aryl methyl sites for hydroxylation is 1. The molecule has 1 N–H and O–H groups in total. The largest absolute Gasteiger partial charge is 0.371 e. The van der Waals surface area contributed by atoms with E-state index in [2.05, 4.69) is 46.4 Å². The van der Waals surface area contributed by atoms with Gasteiger partial charge in [-0.15, -0.1) is 0 Å². The average Bonchev–Trinajstić information content (AvgIpc) is 3.02. The molecule has 0 aliphatic carbocycles. The van der Waals surface area contributed by atoms with Crippen molar-refractivity contribution >= 4 is 11.6 Å². The number of hydrogen-bond donors (Lipinski definition) is 1. The van der Waals surface area contributed by atoms with Crippen LogP contribution in [-0.4, -0.2) is 30.5 Å². The molecule has 1 saturated heterocycles. The molecule has 0 bridgehead atoms. The lowest BCUT2D eigenvalue weighted by Gasteiger charge is -2.19. The number of amides is 1. The van der Waals surface area contributed by atoms with Crippen molar-refractivity contribution in [1.82, 2.24) is 10.3 Å². The summed E-state index contributed by atoms with van der Waals surface area (Å²) < 4.78 is 0. The molecule has 0 spiro atoms. The number of hydrogen-bond acceptors (Lipinski definition) is 3. The number of carbonyl (C=O) groups excluding carboxylic acids is 1. The van der Waals surface area contributed by atoms with Gasteiger partial charge in [0.2, 0.25) is 0 Å². The van der Waals surface area contributed by atoms with Gasteiger partial charge < -0.3 is 10.2 Å². The van der Waals surface area contributed by atoms with Crippen LogP contribution in [-0.2, 0) is 0 Å². The Balaban J connectivity index is 1.52. The molecule has 1 aromatic carbocycles. The summed E-state index contributed by atoms with van der Waals surface area (Å²) in [5, 5.41) is 3.02. The van der Waals surface area contributed by atoms with E-state index in [4.69, 9.17) is 0 Å². The SMILES string of the molecule is Cc1cccc(N2CCC(CNC(=O)c3cccnc3)C2)c1. The van der Waals surface area contributed by atoms with Gasteiger partial charge in [-0.05, 0) is 49.1 Å². The van der Waals surface area contributed by atoms with E-state index in [0.717, 1.165) is 26.1 Å². The van der Waals surface area contributed by atoms with E-state index in [0.29, 0.717) is 11.5 Å². The maximum Gasteiger partial charge on any atom is 0.252 e. The zero-order valence-electron chi connectivity index (χ0n) is 12.8. The van der Waals surface area contributed by atoms with Crippen LogP contribution in [0.2, 0.25) is 0 Å². The first kappa shape index (κ1) is 14.6. The fourth-order valence-electron chi connectivity index (χ4n) is 2.89. The summed E-state index contributed by atoms with van der Waals surface area (Å²) in [6.45, 7) is 4.88. The Hall–Kier alpha value is -2.36. The minimum absolute atomic E-state index is 0.0397. The van der Waals surface area contributed by atoms with Crippen molar-refractivity contribution in [2.24, 2.45) is 5.92 Å². The van der Waals surface area contributed by atoms with E-state index >= 15 is 0 Å². The first-order chi connectivity index (χ1) is 10.7. The van der Waals surface area contributed by atoms with Gasteiger partial charge in [-0.25, -0.2) is 0 Å². The topological polar surface area (TPSA) is 45.2 Å². The monoisotopic (exact) mass is 295 g/mol. The number of benzene rings is 1. The third kappa shape index (κ3) is 3.45. The van der Waals surface area contributed by atoms with Gasteiger partial charge in [0.1, 0.15) is 0 Å². The fraction of sp³-hybridized carbons (Fsp3) is 0.333. The standard InChI is InChI=1S/C18H21N3O/c1-14-4-2-6-17(10-14)21-9-7-15(13-21)11-20-18(22)16-5-3-8-19-12-16/h2-6,8,10,12,15H,7,9,11,13H2,1H3,(H,20,22). The van der Waals surface area contributed by atoms with Crippen LogP contribution in [0.25, 0.3) is 0 Å². The highest BCUT2D eigenvalue weighted by Gasteiger charge is 2.23. The highest BCUT2D eigenvalue weighted by atomic mass is 16.1. The highest BCUT2D eigenvalue weighted by Crippen LogP contribution is 2.24. The van der Waals surface area contributed by atoms with Crippen molar-refractivity contribution in [2.45, 2.75) is 13.3 Å². The number of nitrogens with one attached hydrogen (secondary N) is 1. The van der Waals surface area contributed by atoms with Crippen LogP contribution >= 0.6 is 0 Å². The number of rotatable bonds is 4. The van der Waals surface area contributed by atoms with Crippen molar-refractivity contribution in [3.8, 4) is 0 Å². The predicted octanol–water partition coefficient (Wildman–Crippen LogP) is 2.65. The molecule has 1 unspecified atom stereocenters. The van der Waals surface area contributed by atoms with E-state index in [-0.39, 0.29) is 5.91 Å². The quantitative estimate of drug-likeness (QED) is 0.943. The number of carbonyl (C=O) groups is 1. The van der Waals surface area contributed by atoms with Crippen LogP contribution in [0.1, 0.15) is 22.3 Å². The summed E-state index contributed by atoms with van der Waals surface area (Å²) in [5.74, 6) is 0.461. The zero-order valence-corrected chi connectivity index (χ0v) is 12.8. The number of pyridine rings is 1. The van der Waals surface area contributed by atoms with E-state index in [1.807, 2.05) is 0 Å². The molecule has 1 fully saturated rings. The Morgan fingerprint density at radius 2 is 2.27 bits per heavy atom. The fourth-order valence-corrected chi connectivity index (χ4v) is 2.89. The molecule has 3 rings (SSSR count). The Kier molecular flexibility index (Phi) is 4.37. The molecular weight excluding hydrogens is 274 g/mol. The lowest BCUT2D eigenvalue weighted by atomic mass is 10.1. The van der Waals surface area contributed by atoms with E-state index < -0.39 is 0 Å². The van der Waals surface area contributed by atoms with Gasteiger partial charge in [-0.2, -0.15) is 0 Å². The van der Waals surface area contributed by atoms with Crippen molar-refractivity contribution < 1.29 is 4.79 Å². The van der Waals surface area contributed by atoms with Crippen LogP contribution in [0.15, 0.2) is 48.8 Å². The first-order valence-electron chi connectivity index (χ1n) is 7.72. The lowest BCUT2D eigenvalue weighted by Crippen LogP contribution is -2.31. The van der Waals surface area contributed by atoms with Gasteiger partial charge in [0.05, 0.1) is 5.56 Å². The van der Waals surface area contributed by atoms with Crippen LogP contribution in [0.4, 0.5) is 5.69 Å². The molecule has 1 aliphatic rings. The second kappa shape index (κ2) is 6.60. The van der Waals surface area contributed by atoms with E-state index in [9.17, 15) is 4.79 Å². The molecule has 1 atom stereocenters. The molecule has 4 heteroatoms. The molecule has 0 radical (unpaired) electrons. The summed E-state index contributed by atoms with van der Waals surface area (Å²) in [4.78, 5) is 18.4. The Morgan fingerprint density at radius 1 is 1.36 bits per heavy atom. The van der Waals surface area contributed by atoms with Crippen LogP contribution < -0.4 is 10.2 Å². The summed E-state index contributed by atoms with van der Waals surface area (Å²) in [5.41, 5.74) is 3.18. The summed E-state index contributed by atoms with van der Waals surface area (Å²) in [7, 11) is 0. The van der Waals surface area contributed by atoms with Crippen LogP contribution in [0, 0.1) is 12.8 Å². The smallest absolute Gasteiger partial charge is 0.252 e. The normalized spacial score (nSPS) is 17.5. The summed E-state index contributed by atoms with van der Waals surface area (Å²) in [6.07, 6.45) is 4.39. The second-order valence-electron chi connectivity index (χ2n) is 5.89. The Labute approximate surface area is 131 Å². The van der Waals surface area contributed by atoms with Gasteiger partial charge in [-0.1, -0.05) is 12.1 Å². The summed E-state index contributed by atoms with van der Waals surface area (Å²) >= 11 is 0. The van der Waals surface area contributed by atoms with Crippen LogP contribution in [0.3, 0.4) is 0 Å². The second-order valence-corrected chi connectivity index (χ2v) is 5.89. The van der Waals surface area contributed by atoms with Crippen molar-refractivity contribution in [2.75, 3.05) is 24.5 Å². The summed E-state index contributed by atoms with van der Waals surface area (Å²) in [6, 6.07) is 12.2. The van der Waals surface area contributed by atoms with Gasteiger partial charge in [0.15, 0.2) is 0 Å². The van der Waals surface area contributed by atoms with Gasteiger partial charge in [0, 0.05) is 37.7 Å². The zero-order chi connectivity index (χ0) is 15.4. The average molecular weight is 295 g/mol. The molecule has 2 aromatic rings. The molecule has 1 aliphatic heterocycles. The molecule has 4 nitrogen and oxygen atoms in total. The lowest BCUT2D eigenvalue weighted by molar-refractivity contribution is 0.0948. The molecule has 2 heterocycles. The molecule has 22 heavy (non-hydrogen) atoms. The van der Waals surface area contributed by atoms with Crippen molar-refractivity contribution in [3.05, 3.63) is 59.9 Å². The first-order valence-corrected chi connectivity index (χ1v) is 7.72. The van der Waals surface area contributed by atoms with Crippen molar-refractivity contribution in [3.63, 3.8) is 0 Å². The predicted molar refractivity (Wildman–Crippen MR) is 88.1 cm³/mol. The maximum atomic E-state index is 12.0. The Morgan fingerprint density at radius 3 is 3.05 bits per heavy atom. The third-order valence-corrected chi connectivity index (χ3v) is 4.13. The molecule has 1 aromatic heterocycles. The minimum Gasteiger partial charge on any atom is -0.371 e. The highest BCUT2D eigenvalue weighted by molar-refractivity contribution is 5.93. The molecule has 1 amide bonds. The third-order valence-electron chi connectivity index (χ3n) is 4.13. The Bertz CT molecular complexity index is 642. The molecular formula is C18H21N3O. The number of nitrogens with zero attached hydrogens (tertiary/aromatic N) is 2. The minimum atomic E-state index is -0.0397.